The first-order valence-corrected chi connectivity index (χ1v) is 12.1. The van der Waals surface area contributed by atoms with Gasteiger partial charge in [0.25, 0.3) is 0 Å². The molecule has 2 aromatic heterocycles. The Morgan fingerprint density at radius 3 is 2.69 bits per heavy atom. The predicted octanol–water partition coefficient (Wildman–Crippen LogP) is 4.84. The smallest absolute Gasteiger partial charge is 0.234 e. The number of thiazole rings is 1. The van der Waals surface area contributed by atoms with E-state index in [2.05, 4.69) is 32.7 Å². The number of benzene rings is 2. The molecule has 0 aliphatic carbocycles. The summed E-state index contributed by atoms with van der Waals surface area (Å²) in [5.41, 5.74) is 4.02. The molecule has 2 aromatic carbocycles. The van der Waals surface area contributed by atoms with Crippen LogP contribution in [-0.2, 0) is 24.8 Å². The minimum absolute atomic E-state index is 0.0604. The predicted molar refractivity (Wildman–Crippen MR) is 131 cm³/mol. The fourth-order valence-corrected chi connectivity index (χ4v) is 4.59. The van der Waals surface area contributed by atoms with Gasteiger partial charge in [-0.2, -0.15) is 0 Å². The zero-order valence-electron chi connectivity index (χ0n) is 17.9. The third-order valence-corrected chi connectivity index (χ3v) is 6.72. The third kappa shape index (κ3) is 5.35. The Kier molecular flexibility index (Phi) is 7.18. The summed E-state index contributed by atoms with van der Waals surface area (Å²) in [5.74, 6) is 0.986. The van der Waals surface area contributed by atoms with Crippen molar-refractivity contribution < 1.29 is 4.79 Å². The highest BCUT2D eigenvalue weighted by molar-refractivity contribution is 7.99. The van der Waals surface area contributed by atoms with Gasteiger partial charge >= 0.3 is 0 Å². The number of anilines is 2. The summed E-state index contributed by atoms with van der Waals surface area (Å²) in [7, 11) is 1.90. The quantitative estimate of drug-likeness (QED) is 0.345. The van der Waals surface area contributed by atoms with Crippen LogP contribution in [0.15, 0.2) is 65.1 Å². The standard InChI is InChI=1S/C23H24N6OS2/c1-3-16-9-7-8-12-18(16)25-21(30)15-32-23-28-27-20(29(23)2)13-24-22-26-19(14-31-22)17-10-5-4-6-11-17/h4-12,14H,3,13,15H2,1-2H3,(H,24,26)(H,25,30). The Morgan fingerprint density at radius 2 is 1.88 bits per heavy atom. The Hall–Kier alpha value is -3.17. The molecule has 9 heteroatoms. The number of hydrogen-bond acceptors (Lipinski definition) is 7. The van der Waals surface area contributed by atoms with E-state index in [9.17, 15) is 4.79 Å². The molecular weight excluding hydrogens is 440 g/mol. The number of para-hydroxylation sites is 1. The fourth-order valence-electron chi connectivity index (χ4n) is 3.14. The van der Waals surface area contributed by atoms with Crippen molar-refractivity contribution in [2.45, 2.75) is 25.0 Å². The van der Waals surface area contributed by atoms with Gasteiger partial charge in [0.05, 0.1) is 18.0 Å². The van der Waals surface area contributed by atoms with Gasteiger partial charge in [-0.25, -0.2) is 4.98 Å². The van der Waals surface area contributed by atoms with Gasteiger partial charge in [-0.3, -0.25) is 4.79 Å². The summed E-state index contributed by atoms with van der Waals surface area (Å²) in [5, 5.41) is 18.3. The van der Waals surface area contributed by atoms with Crippen LogP contribution in [0.4, 0.5) is 10.8 Å². The second kappa shape index (κ2) is 10.4. The summed E-state index contributed by atoms with van der Waals surface area (Å²) < 4.78 is 1.90. The van der Waals surface area contributed by atoms with Crippen molar-refractivity contribution in [2.24, 2.45) is 7.05 Å². The molecule has 0 aliphatic heterocycles. The molecule has 4 aromatic rings. The summed E-state index contributed by atoms with van der Waals surface area (Å²) in [4.78, 5) is 17.0. The maximum atomic E-state index is 12.4. The van der Waals surface area contributed by atoms with Crippen LogP contribution >= 0.6 is 23.1 Å². The van der Waals surface area contributed by atoms with Crippen LogP contribution in [0.5, 0.6) is 0 Å². The summed E-state index contributed by atoms with van der Waals surface area (Å²) in [6, 6.07) is 17.9. The molecule has 4 rings (SSSR count). The normalized spacial score (nSPS) is 10.8. The molecule has 32 heavy (non-hydrogen) atoms. The van der Waals surface area contributed by atoms with Crippen LogP contribution in [0, 0.1) is 0 Å². The van der Waals surface area contributed by atoms with Gasteiger partial charge in [0.15, 0.2) is 16.1 Å². The van der Waals surface area contributed by atoms with E-state index in [4.69, 9.17) is 0 Å². The Balaban J connectivity index is 1.31. The topological polar surface area (TPSA) is 84.7 Å². The minimum Gasteiger partial charge on any atom is -0.354 e. The molecule has 0 fully saturated rings. The van der Waals surface area contributed by atoms with Gasteiger partial charge < -0.3 is 15.2 Å². The number of thioether (sulfide) groups is 1. The zero-order chi connectivity index (χ0) is 22.3. The lowest BCUT2D eigenvalue weighted by Gasteiger charge is -2.09. The van der Waals surface area contributed by atoms with Crippen molar-refractivity contribution in [3.05, 3.63) is 71.4 Å². The van der Waals surface area contributed by atoms with E-state index >= 15 is 0 Å². The summed E-state index contributed by atoms with van der Waals surface area (Å²) in [6.45, 7) is 2.57. The highest BCUT2D eigenvalue weighted by atomic mass is 32.2. The molecule has 2 N–H and O–H groups in total. The molecule has 0 bridgehead atoms. The number of aromatic nitrogens is 4. The van der Waals surface area contributed by atoms with Crippen LogP contribution in [0.3, 0.4) is 0 Å². The molecule has 0 radical (unpaired) electrons. The average molecular weight is 465 g/mol. The van der Waals surface area contributed by atoms with Crippen molar-refractivity contribution in [2.75, 3.05) is 16.4 Å². The molecule has 2 heterocycles. The van der Waals surface area contributed by atoms with Crippen LogP contribution in [-0.4, -0.2) is 31.4 Å². The maximum Gasteiger partial charge on any atom is 0.234 e. The highest BCUT2D eigenvalue weighted by Crippen LogP contribution is 2.25. The number of carbonyl (C=O) groups is 1. The van der Waals surface area contributed by atoms with Gasteiger partial charge in [0.2, 0.25) is 5.91 Å². The van der Waals surface area contributed by atoms with E-state index in [1.54, 1.807) is 11.3 Å². The first-order valence-electron chi connectivity index (χ1n) is 10.3. The lowest BCUT2D eigenvalue weighted by Crippen LogP contribution is -2.15. The second-order valence-corrected chi connectivity index (χ2v) is 8.86. The van der Waals surface area contributed by atoms with E-state index in [1.165, 1.54) is 11.8 Å². The van der Waals surface area contributed by atoms with E-state index in [0.717, 1.165) is 39.9 Å². The molecule has 7 nitrogen and oxygen atoms in total. The van der Waals surface area contributed by atoms with Crippen molar-refractivity contribution in [3.63, 3.8) is 0 Å². The average Bonchev–Trinajstić information content (AvgIpc) is 3.44. The number of amides is 1. The molecule has 0 aliphatic rings. The minimum atomic E-state index is -0.0604. The molecule has 164 valence electrons. The molecule has 1 amide bonds. The van der Waals surface area contributed by atoms with Gasteiger partial charge in [-0.1, -0.05) is 67.2 Å². The van der Waals surface area contributed by atoms with Crippen molar-refractivity contribution in [1.29, 1.82) is 0 Å². The first kappa shape index (κ1) is 22.0. The number of nitrogens with zero attached hydrogens (tertiary/aromatic N) is 4. The van der Waals surface area contributed by atoms with E-state index in [0.29, 0.717) is 11.7 Å². The lowest BCUT2D eigenvalue weighted by atomic mass is 10.1. The molecule has 0 unspecified atom stereocenters. The third-order valence-electron chi connectivity index (χ3n) is 4.90. The summed E-state index contributed by atoms with van der Waals surface area (Å²) in [6.07, 6.45) is 0.870. The van der Waals surface area contributed by atoms with Crippen LogP contribution in [0.25, 0.3) is 11.3 Å². The highest BCUT2D eigenvalue weighted by Gasteiger charge is 2.13. The number of carbonyl (C=O) groups excluding carboxylic acids is 1. The number of rotatable bonds is 9. The van der Waals surface area contributed by atoms with Gasteiger partial charge in [0.1, 0.15) is 0 Å². The Bertz CT molecular complexity index is 1190. The fraction of sp³-hybridized carbons (Fsp3) is 0.217. The van der Waals surface area contributed by atoms with Crippen LogP contribution in [0.1, 0.15) is 18.3 Å². The Labute approximate surface area is 195 Å². The van der Waals surface area contributed by atoms with Gasteiger partial charge in [-0.05, 0) is 18.1 Å². The Morgan fingerprint density at radius 1 is 1.09 bits per heavy atom. The van der Waals surface area contributed by atoms with Crippen LogP contribution < -0.4 is 10.6 Å². The molecular formula is C23H24N6OS2. The van der Waals surface area contributed by atoms with Gasteiger partial charge in [0, 0.05) is 23.7 Å². The monoisotopic (exact) mass is 464 g/mol. The largest absolute Gasteiger partial charge is 0.354 e. The SMILES string of the molecule is CCc1ccccc1NC(=O)CSc1nnc(CNc2nc(-c3ccccc3)cs2)n1C. The number of hydrogen-bond donors (Lipinski definition) is 2. The molecule has 0 spiro atoms. The van der Waals surface area contributed by atoms with E-state index < -0.39 is 0 Å². The van der Waals surface area contributed by atoms with Gasteiger partial charge in [-0.15, -0.1) is 21.5 Å². The van der Waals surface area contributed by atoms with Crippen LogP contribution in [0.2, 0.25) is 0 Å². The summed E-state index contributed by atoms with van der Waals surface area (Å²) >= 11 is 2.92. The first-order chi connectivity index (χ1) is 15.6. The van der Waals surface area contributed by atoms with Crippen molar-refractivity contribution in [1.82, 2.24) is 19.7 Å². The number of aryl methyl sites for hydroxylation is 1. The van der Waals surface area contributed by atoms with E-state index in [-0.39, 0.29) is 11.7 Å². The zero-order valence-corrected chi connectivity index (χ0v) is 19.5. The number of nitrogens with one attached hydrogen (secondary N) is 2. The van der Waals surface area contributed by atoms with E-state index in [1.807, 2.05) is 71.6 Å². The molecule has 0 atom stereocenters. The molecule has 0 saturated heterocycles. The molecule has 0 saturated carbocycles. The second-order valence-electron chi connectivity index (χ2n) is 7.06. The maximum absolute atomic E-state index is 12.4. The van der Waals surface area contributed by atoms with Crippen molar-refractivity contribution >= 4 is 39.8 Å². The lowest BCUT2D eigenvalue weighted by molar-refractivity contribution is -0.113. The van der Waals surface area contributed by atoms with Crippen molar-refractivity contribution in [3.8, 4) is 11.3 Å².